The lowest BCUT2D eigenvalue weighted by molar-refractivity contribution is -0.128. The molecule has 1 saturated heterocycles. The van der Waals surface area contributed by atoms with E-state index in [1.165, 1.54) is 29.9 Å². The van der Waals surface area contributed by atoms with Gasteiger partial charge in [0.15, 0.2) is 11.2 Å². The van der Waals surface area contributed by atoms with Gasteiger partial charge < -0.3 is 19.4 Å². The molecule has 7 nitrogen and oxygen atoms in total. The van der Waals surface area contributed by atoms with Gasteiger partial charge in [-0.1, -0.05) is 59.6 Å². The molecule has 2 atom stereocenters. The van der Waals surface area contributed by atoms with Crippen LogP contribution in [0.3, 0.4) is 0 Å². The molecule has 3 aromatic carbocycles. The molecule has 1 aromatic heterocycles. The fourth-order valence-corrected chi connectivity index (χ4v) is 7.46. The normalized spacial score (nSPS) is 22.6. The van der Waals surface area contributed by atoms with Crippen molar-refractivity contribution in [2.75, 3.05) is 13.7 Å². The van der Waals surface area contributed by atoms with Crippen LogP contribution in [-0.4, -0.2) is 35.9 Å². The number of nitrogens with one attached hydrogen (secondary N) is 1. The second-order valence-electron chi connectivity index (χ2n) is 12.8. The van der Waals surface area contributed by atoms with Crippen molar-refractivity contribution in [1.29, 1.82) is 0 Å². The Morgan fingerprint density at radius 3 is 2.57 bits per heavy atom. The summed E-state index contributed by atoms with van der Waals surface area (Å²) in [5, 5.41) is 4.29. The van der Waals surface area contributed by atoms with Gasteiger partial charge in [-0.25, -0.2) is 0 Å². The number of fused-ring (bicyclic) bond motifs is 1. The maximum Gasteiger partial charge on any atom is 0.287 e. The molecule has 7 rings (SSSR count). The molecule has 1 aliphatic heterocycles. The summed E-state index contributed by atoms with van der Waals surface area (Å²) >= 11 is 6.19. The maximum atomic E-state index is 13.7. The van der Waals surface area contributed by atoms with Crippen molar-refractivity contribution in [1.82, 2.24) is 10.2 Å². The first kappa shape index (κ1) is 30.3. The van der Waals surface area contributed by atoms with Gasteiger partial charge in [0, 0.05) is 36.5 Å². The third-order valence-electron chi connectivity index (χ3n) is 9.90. The Bertz CT molecular complexity index is 1890. The third-order valence-corrected chi connectivity index (χ3v) is 10.1. The summed E-state index contributed by atoms with van der Waals surface area (Å²) in [7, 11) is 1.54. The highest BCUT2D eigenvalue weighted by atomic mass is 35.5. The molecule has 2 unspecified atom stereocenters. The SMILES string of the molecule is COc1ccc2oc(C(=O)NC3(C=C4CCC(c5ccccc5CN5CCCC5=O)CC4)CC3c3ccc(Cl)cc3)cc(=O)c2c1. The van der Waals surface area contributed by atoms with E-state index in [9.17, 15) is 14.4 Å². The van der Waals surface area contributed by atoms with E-state index < -0.39 is 11.4 Å². The number of rotatable bonds is 8. The van der Waals surface area contributed by atoms with Crippen LogP contribution < -0.4 is 15.5 Å². The summed E-state index contributed by atoms with van der Waals surface area (Å²) in [4.78, 5) is 40.9. The van der Waals surface area contributed by atoms with Crippen molar-refractivity contribution < 1.29 is 18.7 Å². The largest absolute Gasteiger partial charge is 0.497 e. The fourth-order valence-electron chi connectivity index (χ4n) is 7.33. The lowest BCUT2D eigenvalue weighted by Crippen LogP contribution is -2.37. The molecule has 3 aliphatic rings. The van der Waals surface area contributed by atoms with Crippen LogP contribution >= 0.6 is 11.6 Å². The predicted molar refractivity (Wildman–Crippen MR) is 178 cm³/mol. The van der Waals surface area contributed by atoms with Crippen LogP contribution in [0.1, 0.15) is 84.0 Å². The van der Waals surface area contributed by atoms with Crippen LogP contribution in [0, 0.1) is 0 Å². The van der Waals surface area contributed by atoms with Crippen molar-refractivity contribution >= 4 is 34.4 Å². The Morgan fingerprint density at radius 2 is 1.83 bits per heavy atom. The number of amides is 2. The lowest BCUT2D eigenvalue weighted by atomic mass is 9.79. The molecular formula is C38H37ClN2O5. The molecule has 2 aliphatic carbocycles. The van der Waals surface area contributed by atoms with Gasteiger partial charge in [-0.3, -0.25) is 14.4 Å². The van der Waals surface area contributed by atoms with Crippen LogP contribution in [-0.2, 0) is 11.3 Å². The minimum Gasteiger partial charge on any atom is -0.497 e. The smallest absolute Gasteiger partial charge is 0.287 e. The van der Waals surface area contributed by atoms with E-state index in [4.69, 9.17) is 20.8 Å². The van der Waals surface area contributed by atoms with E-state index >= 15 is 0 Å². The summed E-state index contributed by atoms with van der Waals surface area (Å²) in [6.45, 7) is 1.52. The highest BCUT2D eigenvalue weighted by Crippen LogP contribution is 2.54. The summed E-state index contributed by atoms with van der Waals surface area (Å²) in [5.41, 5.74) is 4.48. The standard InChI is InChI=1S/C38H37ClN2O5/c1-45-29-16-17-34-31(19-29)33(42)20-35(46-34)37(44)40-38(22-32(38)26-12-14-28(39)15-13-26)21-24-8-10-25(11-9-24)30-6-3-2-5-27(30)23-41-18-4-7-36(41)43/h2-3,5-6,12-17,19-21,25,32H,4,7-11,18,22-23H2,1H3,(H,40,44). The molecule has 2 amide bonds. The number of allylic oxidation sites excluding steroid dienone is 1. The fraction of sp³-hybridized carbons (Fsp3) is 0.342. The number of ether oxygens (including phenoxy) is 1. The van der Waals surface area contributed by atoms with Gasteiger partial charge >= 0.3 is 0 Å². The van der Waals surface area contributed by atoms with Gasteiger partial charge in [-0.2, -0.15) is 0 Å². The highest BCUT2D eigenvalue weighted by molar-refractivity contribution is 6.30. The highest BCUT2D eigenvalue weighted by Gasteiger charge is 2.55. The van der Waals surface area contributed by atoms with E-state index in [0.717, 1.165) is 50.6 Å². The Hall–Kier alpha value is -4.36. The van der Waals surface area contributed by atoms with Crippen molar-refractivity contribution in [3.8, 4) is 5.75 Å². The van der Waals surface area contributed by atoms with Gasteiger partial charge in [0.05, 0.1) is 18.0 Å². The van der Waals surface area contributed by atoms with Gasteiger partial charge in [0.2, 0.25) is 5.91 Å². The number of carbonyl (C=O) groups is 2. The Labute approximate surface area is 273 Å². The average molecular weight is 637 g/mol. The van der Waals surface area contributed by atoms with Gasteiger partial charge in [0.1, 0.15) is 11.3 Å². The van der Waals surface area contributed by atoms with Crippen molar-refractivity contribution in [2.45, 2.75) is 68.9 Å². The lowest BCUT2D eigenvalue weighted by Gasteiger charge is -2.28. The molecule has 3 fully saturated rings. The zero-order chi connectivity index (χ0) is 31.8. The molecule has 46 heavy (non-hydrogen) atoms. The molecule has 2 heterocycles. The van der Waals surface area contributed by atoms with Crippen LogP contribution in [0.5, 0.6) is 5.75 Å². The van der Waals surface area contributed by atoms with E-state index in [1.54, 1.807) is 18.2 Å². The van der Waals surface area contributed by atoms with Crippen LogP contribution in [0.4, 0.5) is 0 Å². The van der Waals surface area contributed by atoms with Crippen molar-refractivity contribution in [2.24, 2.45) is 0 Å². The monoisotopic (exact) mass is 636 g/mol. The first-order valence-electron chi connectivity index (χ1n) is 16.1. The minimum atomic E-state index is -0.589. The van der Waals surface area contributed by atoms with Crippen LogP contribution in [0.2, 0.25) is 5.02 Å². The van der Waals surface area contributed by atoms with Crippen molar-refractivity contribution in [3.05, 3.63) is 122 Å². The van der Waals surface area contributed by atoms with Crippen LogP contribution in [0.15, 0.2) is 93.7 Å². The Morgan fingerprint density at radius 1 is 1.04 bits per heavy atom. The molecule has 4 aromatic rings. The zero-order valence-electron chi connectivity index (χ0n) is 25.9. The van der Waals surface area contributed by atoms with E-state index in [1.807, 2.05) is 29.2 Å². The zero-order valence-corrected chi connectivity index (χ0v) is 26.6. The number of methoxy groups -OCH3 is 1. The van der Waals surface area contributed by atoms with E-state index in [2.05, 4.69) is 35.7 Å². The molecule has 1 N–H and O–H groups in total. The number of hydrogen-bond donors (Lipinski definition) is 1. The maximum absolute atomic E-state index is 13.7. The van der Waals surface area contributed by atoms with Crippen molar-refractivity contribution in [3.63, 3.8) is 0 Å². The quantitative estimate of drug-likeness (QED) is 0.202. The Kier molecular flexibility index (Phi) is 8.20. The topological polar surface area (TPSA) is 88.8 Å². The summed E-state index contributed by atoms with van der Waals surface area (Å²) in [6.07, 6.45) is 8.48. The number of carbonyl (C=O) groups excluding carboxylic acids is 2. The van der Waals surface area contributed by atoms with Crippen LogP contribution in [0.25, 0.3) is 11.0 Å². The van der Waals surface area contributed by atoms with E-state index in [-0.39, 0.29) is 23.0 Å². The molecular weight excluding hydrogens is 600 g/mol. The predicted octanol–water partition coefficient (Wildman–Crippen LogP) is 7.52. The van der Waals surface area contributed by atoms with Gasteiger partial charge in [-0.15, -0.1) is 0 Å². The number of benzene rings is 3. The summed E-state index contributed by atoms with van der Waals surface area (Å²) in [6, 6.07) is 22.6. The summed E-state index contributed by atoms with van der Waals surface area (Å²) < 4.78 is 11.2. The molecule has 2 saturated carbocycles. The number of hydrogen-bond acceptors (Lipinski definition) is 5. The Balaban J connectivity index is 1.12. The number of halogens is 1. The molecule has 0 spiro atoms. The molecule has 0 radical (unpaired) electrons. The number of likely N-dealkylation sites (tertiary alicyclic amines) is 1. The average Bonchev–Trinajstić information content (AvgIpc) is 3.61. The van der Waals surface area contributed by atoms with Gasteiger partial charge in [-0.05, 0) is 91.5 Å². The first-order chi connectivity index (χ1) is 22.3. The molecule has 0 bridgehead atoms. The van der Waals surface area contributed by atoms with E-state index in [0.29, 0.717) is 40.6 Å². The second-order valence-corrected chi connectivity index (χ2v) is 13.3. The summed E-state index contributed by atoms with van der Waals surface area (Å²) in [5.74, 6) is 0.869. The minimum absolute atomic E-state index is 0.0148. The van der Waals surface area contributed by atoms with Gasteiger partial charge in [0.25, 0.3) is 5.91 Å². The third kappa shape index (κ3) is 6.08. The number of nitrogens with zero attached hydrogens (tertiary/aromatic N) is 1. The molecule has 236 valence electrons. The second kappa shape index (κ2) is 12.4. The molecule has 8 heteroatoms. The first-order valence-corrected chi connectivity index (χ1v) is 16.5.